The van der Waals surface area contributed by atoms with Crippen molar-refractivity contribution in [2.45, 2.75) is 26.4 Å². The highest BCUT2D eigenvalue weighted by atomic mass is 32.2. The third-order valence-electron chi connectivity index (χ3n) is 3.79. The second kappa shape index (κ2) is 6.06. The minimum Gasteiger partial charge on any atom is -0.351 e. The molecule has 0 spiro atoms. The highest BCUT2D eigenvalue weighted by Gasteiger charge is 2.24. The van der Waals surface area contributed by atoms with Gasteiger partial charge < -0.3 is 14.6 Å². The first-order chi connectivity index (χ1) is 9.81. The first-order valence-electron chi connectivity index (χ1n) is 7.32. The standard InChI is InChI=1S/C15H22N4S/c1-3-16-10-13-15(18-8-9-20-11-12(18)2)17-14-6-4-5-7-19(13)14/h4-7,12,16H,3,8-11H2,1-2H3. The normalized spacial score (nSPS) is 19.7. The fourth-order valence-corrected chi connectivity index (χ4v) is 3.73. The lowest BCUT2D eigenvalue weighted by atomic mass is 10.2. The zero-order valence-electron chi connectivity index (χ0n) is 12.2. The topological polar surface area (TPSA) is 32.6 Å². The molecule has 0 saturated carbocycles. The summed E-state index contributed by atoms with van der Waals surface area (Å²) < 4.78 is 2.21. The van der Waals surface area contributed by atoms with Gasteiger partial charge in [0.2, 0.25) is 0 Å². The van der Waals surface area contributed by atoms with Crippen LogP contribution in [-0.4, -0.2) is 40.0 Å². The van der Waals surface area contributed by atoms with Crippen LogP contribution in [0.3, 0.4) is 0 Å². The predicted octanol–water partition coefficient (Wildman–Crippen LogP) is 2.39. The van der Waals surface area contributed by atoms with Gasteiger partial charge >= 0.3 is 0 Å². The number of rotatable bonds is 4. The second-order valence-corrected chi connectivity index (χ2v) is 6.36. The van der Waals surface area contributed by atoms with Gasteiger partial charge in [0, 0.05) is 36.8 Å². The number of nitrogens with one attached hydrogen (secondary N) is 1. The molecule has 1 fully saturated rings. The van der Waals surface area contributed by atoms with Crippen LogP contribution in [0.1, 0.15) is 19.5 Å². The molecule has 0 aliphatic carbocycles. The number of pyridine rings is 1. The SMILES string of the molecule is CCNCc1c(N2CCSCC2C)nc2ccccn12. The van der Waals surface area contributed by atoms with Crippen molar-refractivity contribution >= 4 is 23.2 Å². The molecule has 2 aromatic heterocycles. The number of anilines is 1. The maximum Gasteiger partial charge on any atom is 0.152 e. The van der Waals surface area contributed by atoms with Crippen molar-refractivity contribution in [2.24, 2.45) is 0 Å². The zero-order chi connectivity index (χ0) is 13.9. The molecule has 3 heterocycles. The molecule has 4 nitrogen and oxygen atoms in total. The minimum absolute atomic E-state index is 0.555. The summed E-state index contributed by atoms with van der Waals surface area (Å²) in [6, 6.07) is 6.77. The lowest BCUT2D eigenvalue weighted by Crippen LogP contribution is -2.41. The number of fused-ring (bicyclic) bond motifs is 1. The first kappa shape index (κ1) is 13.8. The molecule has 2 aromatic rings. The molecule has 1 aliphatic rings. The van der Waals surface area contributed by atoms with E-state index in [1.807, 2.05) is 11.8 Å². The van der Waals surface area contributed by atoms with Crippen molar-refractivity contribution in [3.05, 3.63) is 30.1 Å². The van der Waals surface area contributed by atoms with Crippen LogP contribution in [0.5, 0.6) is 0 Å². The van der Waals surface area contributed by atoms with Crippen LogP contribution in [-0.2, 0) is 6.54 Å². The van der Waals surface area contributed by atoms with Gasteiger partial charge in [0.15, 0.2) is 5.82 Å². The molecule has 1 aliphatic heterocycles. The Morgan fingerprint density at radius 1 is 1.45 bits per heavy atom. The molecule has 1 N–H and O–H groups in total. The molecule has 0 amide bonds. The van der Waals surface area contributed by atoms with Gasteiger partial charge in [0.1, 0.15) is 5.65 Å². The summed E-state index contributed by atoms with van der Waals surface area (Å²) in [5.74, 6) is 3.54. The van der Waals surface area contributed by atoms with E-state index in [1.54, 1.807) is 0 Å². The summed E-state index contributed by atoms with van der Waals surface area (Å²) in [4.78, 5) is 7.35. The second-order valence-electron chi connectivity index (χ2n) is 5.21. The van der Waals surface area contributed by atoms with Gasteiger partial charge in [-0.1, -0.05) is 13.0 Å². The summed E-state index contributed by atoms with van der Waals surface area (Å²) in [5.41, 5.74) is 2.32. The lowest BCUT2D eigenvalue weighted by molar-refractivity contribution is 0.667. The largest absolute Gasteiger partial charge is 0.351 e. The number of hydrogen-bond donors (Lipinski definition) is 1. The smallest absolute Gasteiger partial charge is 0.152 e. The van der Waals surface area contributed by atoms with Gasteiger partial charge in [-0.05, 0) is 25.6 Å². The van der Waals surface area contributed by atoms with E-state index in [9.17, 15) is 0 Å². The molecule has 0 bridgehead atoms. The van der Waals surface area contributed by atoms with Crippen molar-refractivity contribution < 1.29 is 0 Å². The summed E-state index contributed by atoms with van der Waals surface area (Å²) in [6.07, 6.45) is 2.11. The Balaban J connectivity index is 2.03. The van der Waals surface area contributed by atoms with Crippen molar-refractivity contribution in [1.82, 2.24) is 14.7 Å². The van der Waals surface area contributed by atoms with Crippen molar-refractivity contribution in [2.75, 3.05) is 29.5 Å². The molecule has 1 saturated heterocycles. The minimum atomic E-state index is 0.555. The van der Waals surface area contributed by atoms with Crippen molar-refractivity contribution in [3.63, 3.8) is 0 Å². The van der Waals surface area contributed by atoms with Gasteiger partial charge in [-0.25, -0.2) is 4.98 Å². The molecule has 0 radical (unpaired) electrons. The Morgan fingerprint density at radius 3 is 3.15 bits per heavy atom. The van der Waals surface area contributed by atoms with Crippen LogP contribution in [0.25, 0.3) is 5.65 Å². The third-order valence-corrected chi connectivity index (χ3v) is 4.98. The van der Waals surface area contributed by atoms with Crippen LogP contribution < -0.4 is 10.2 Å². The Morgan fingerprint density at radius 2 is 2.35 bits per heavy atom. The highest BCUT2D eigenvalue weighted by molar-refractivity contribution is 7.99. The van der Waals surface area contributed by atoms with Gasteiger partial charge in [-0.2, -0.15) is 11.8 Å². The maximum atomic E-state index is 4.88. The monoisotopic (exact) mass is 290 g/mol. The number of hydrogen-bond acceptors (Lipinski definition) is 4. The molecule has 108 valence electrons. The summed E-state index contributed by atoms with van der Waals surface area (Å²) in [7, 11) is 0. The van der Waals surface area contributed by atoms with E-state index >= 15 is 0 Å². The van der Waals surface area contributed by atoms with E-state index in [1.165, 1.54) is 17.2 Å². The van der Waals surface area contributed by atoms with Crippen molar-refractivity contribution in [1.29, 1.82) is 0 Å². The fourth-order valence-electron chi connectivity index (χ4n) is 2.71. The lowest BCUT2D eigenvalue weighted by Gasteiger charge is -2.34. The Hall–Kier alpha value is -1.20. The molecule has 20 heavy (non-hydrogen) atoms. The number of imidazole rings is 1. The number of aromatic nitrogens is 2. The van der Waals surface area contributed by atoms with Gasteiger partial charge in [0.25, 0.3) is 0 Å². The van der Waals surface area contributed by atoms with E-state index in [0.29, 0.717) is 6.04 Å². The van der Waals surface area contributed by atoms with E-state index in [-0.39, 0.29) is 0 Å². The highest BCUT2D eigenvalue weighted by Crippen LogP contribution is 2.27. The van der Waals surface area contributed by atoms with Crippen LogP contribution in [0.2, 0.25) is 0 Å². The Bertz CT molecular complexity index is 580. The predicted molar refractivity (Wildman–Crippen MR) is 86.7 cm³/mol. The van der Waals surface area contributed by atoms with Crippen LogP contribution in [0.15, 0.2) is 24.4 Å². The average molecular weight is 290 g/mol. The van der Waals surface area contributed by atoms with E-state index in [0.717, 1.165) is 31.1 Å². The fraction of sp³-hybridized carbons (Fsp3) is 0.533. The number of thioether (sulfide) groups is 1. The van der Waals surface area contributed by atoms with E-state index in [2.05, 4.69) is 52.9 Å². The average Bonchev–Trinajstić information content (AvgIpc) is 2.84. The van der Waals surface area contributed by atoms with Gasteiger partial charge in [-0.15, -0.1) is 0 Å². The van der Waals surface area contributed by atoms with E-state index in [4.69, 9.17) is 4.98 Å². The van der Waals surface area contributed by atoms with Crippen LogP contribution >= 0.6 is 11.8 Å². The molecular weight excluding hydrogens is 268 g/mol. The maximum absolute atomic E-state index is 4.88. The quantitative estimate of drug-likeness (QED) is 0.937. The number of nitrogens with zero attached hydrogens (tertiary/aromatic N) is 3. The summed E-state index contributed by atoms with van der Waals surface area (Å²) in [6.45, 7) is 7.38. The molecule has 0 aromatic carbocycles. The Labute approximate surface area is 124 Å². The molecule has 3 rings (SSSR count). The first-order valence-corrected chi connectivity index (χ1v) is 8.47. The summed E-state index contributed by atoms with van der Waals surface area (Å²) in [5, 5.41) is 3.44. The van der Waals surface area contributed by atoms with Crippen LogP contribution in [0, 0.1) is 0 Å². The van der Waals surface area contributed by atoms with Crippen molar-refractivity contribution in [3.8, 4) is 0 Å². The molecule has 1 atom stereocenters. The molecule has 1 unspecified atom stereocenters. The third kappa shape index (κ3) is 2.52. The van der Waals surface area contributed by atoms with Gasteiger partial charge in [0.05, 0.1) is 5.69 Å². The van der Waals surface area contributed by atoms with Crippen LogP contribution in [0.4, 0.5) is 5.82 Å². The molecular formula is C15H22N4S. The van der Waals surface area contributed by atoms with Gasteiger partial charge in [-0.3, -0.25) is 0 Å². The Kier molecular flexibility index (Phi) is 4.17. The van der Waals surface area contributed by atoms with E-state index < -0.39 is 0 Å². The summed E-state index contributed by atoms with van der Waals surface area (Å²) >= 11 is 2.04. The zero-order valence-corrected chi connectivity index (χ0v) is 13.0. The molecule has 5 heteroatoms.